The second-order valence-corrected chi connectivity index (χ2v) is 6.27. The second kappa shape index (κ2) is 7.31. The fraction of sp³-hybridized carbons (Fsp3) is 0.111. The van der Waals surface area contributed by atoms with Gasteiger partial charge in [0.25, 0.3) is 0 Å². The fourth-order valence-electron chi connectivity index (χ4n) is 2.30. The molecule has 0 aliphatic carbocycles. The number of rotatable bonds is 5. The Bertz CT molecular complexity index is 942. The Morgan fingerprint density at radius 2 is 1.80 bits per heavy atom. The van der Waals surface area contributed by atoms with E-state index in [1.54, 1.807) is 12.1 Å². The number of thioether (sulfide) groups is 1. The molecule has 0 unspecified atom stereocenters. The van der Waals surface area contributed by atoms with Crippen LogP contribution in [0.3, 0.4) is 0 Å². The van der Waals surface area contributed by atoms with E-state index < -0.39 is 5.97 Å². The molecule has 0 saturated carbocycles. The van der Waals surface area contributed by atoms with Gasteiger partial charge in [-0.05, 0) is 37.3 Å². The van der Waals surface area contributed by atoms with Crippen LogP contribution in [0.15, 0.2) is 53.7 Å². The number of carbonyl (C=O) groups is 2. The quantitative estimate of drug-likeness (QED) is 0.540. The zero-order valence-electron chi connectivity index (χ0n) is 13.4. The van der Waals surface area contributed by atoms with Gasteiger partial charge in [-0.3, -0.25) is 4.79 Å². The number of nitrogens with one attached hydrogen (secondary N) is 1. The van der Waals surface area contributed by atoms with E-state index in [4.69, 9.17) is 5.11 Å². The number of hydrogen-bond donors (Lipinski definition) is 2. The molecule has 0 aliphatic heterocycles. The SMILES string of the molecule is Cc1nc(SCC(=O)Nc2ccc(C(=O)O)cc2)nc2ccccc12. The van der Waals surface area contributed by atoms with Crippen LogP contribution in [-0.4, -0.2) is 32.7 Å². The number of aromatic nitrogens is 2. The van der Waals surface area contributed by atoms with Gasteiger partial charge < -0.3 is 10.4 Å². The average Bonchev–Trinajstić information content (AvgIpc) is 2.60. The smallest absolute Gasteiger partial charge is 0.335 e. The number of nitrogens with zero attached hydrogens (tertiary/aromatic N) is 2. The molecular formula is C18H15N3O3S. The van der Waals surface area contributed by atoms with Crippen LogP contribution >= 0.6 is 11.8 Å². The highest BCUT2D eigenvalue weighted by atomic mass is 32.2. The molecule has 6 nitrogen and oxygen atoms in total. The summed E-state index contributed by atoms with van der Waals surface area (Å²) in [5.41, 5.74) is 2.44. The van der Waals surface area contributed by atoms with Gasteiger partial charge in [-0.25, -0.2) is 14.8 Å². The van der Waals surface area contributed by atoms with Crippen molar-refractivity contribution in [3.63, 3.8) is 0 Å². The molecule has 126 valence electrons. The zero-order chi connectivity index (χ0) is 17.8. The molecule has 0 aliphatic rings. The fourth-order valence-corrected chi connectivity index (χ4v) is 2.99. The summed E-state index contributed by atoms with van der Waals surface area (Å²) in [5, 5.41) is 13.1. The Kier molecular flexibility index (Phi) is 4.95. The van der Waals surface area contributed by atoms with Crippen LogP contribution in [0.1, 0.15) is 16.1 Å². The number of amides is 1. The van der Waals surface area contributed by atoms with Crippen LogP contribution in [0.25, 0.3) is 10.9 Å². The molecule has 3 aromatic rings. The first kappa shape index (κ1) is 16.9. The van der Waals surface area contributed by atoms with Crippen LogP contribution in [-0.2, 0) is 4.79 Å². The van der Waals surface area contributed by atoms with Gasteiger partial charge in [-0.15, -0.1) is 0 Å². The Balaban J connectivity index is 1.63. The number of hydrogen-bond acceptors (Lipinski definition) is 5. The van der Waals surface area contributed by atoms with Crippen molar-refractivity contribution in [2.24, 2.45) is 0 Å². The van der Waals surface area contributed by atoms with E-state index in [0.717, 1.165) is 16.6 Å². The van der Waals surface area contributed by atoms with Gasteiger partial charge in [0.2, 0.25) is 5.91 Å². The van der Waals surface area contributed by atoms with E-state index >= 15 is 0 Å². The molecule has 3 rings (SSSR count). The van der Waals surface area contributed by atoms with E-state index in [-0.39, 0.29) is 17.2 Å². The normalized spacial score (nSPS) is 10.6. The van der Waals surface area contributed by atoms with E-state index in [9.17, 15) is 9.59 Å². The summed E-state index contributed by atoms with van der Waals surface area (Å²) in [6.45, 7) is 1.91. The first-order valence-electron chi connectivity index (χ1n) is 7.52. The van der Waals surface area contributed by atoms with Crippen molar-refractivity contribution < 1.29 is 14.7 Å². The van der Waals surface area contributed by atoms with Crippen molar-refractivity contribution in [2.75, 3.05) is 11.1 Å². The minimum Gasteiger partial charge on any atom is -0.478 e. The van der Waals surface area contributed by atoms with Gasteiger partial charge >= 0.3 is 5.97 Å². The van der Waals surface area contributed by atoms with E-state index in [2.05, 4.69) is 15.3 Å². The van der Waals surface area contributed by atoms with Crippen molar-refractivity contribution in [1.82, 2.24) is 9.97 Å². The molecule has 0 spiro atoms. The van der Waals surface area contributed by atoms with Gasteiger partial charge in [0.1, 0.15) is 0 Å². The van der Waals surface area contributed by atoms with Crippen molar-refractivity contribution >= 4 is 40.2 Å². The molecule has 1 amide bonds. The van der Waals surface area contributed by atoms with Gasteiger partial charge in [0.05, 0.1) is 16.8 Å². The molecule has 0 atom stereocenters. The van der Waals surface area contributed by atoms with Crippen molar-refractivity contribution in [2.45, 2.75) is 12.1 Å². The van der Waals surface area contributed by atoms with Crippen molar-refractivity contribution in [1.29, 1.82) is 0 Å². The topological polar surface area (TPSA) is 92.2 Å². The van der Waals surface area contributed by atoms with E-state index in [0.29, 0.717) is 10.8 Å². The number of carboxylic acid groups (broad SMARTS) is 1. The minimum atomic E-state index is -1.00. The molecule has 2 aromatic carbocycles. The van der Waals surface area contributed by atoms with Crippen molar-refractivity contribution in [3.05, 3.63) is 59.8 Å². The standard InChI is InChI=1S/C18H15N3O3S/c1-11-14-4-2-3-5-15(14)21-18(19-11)25-10-16(22)20-13-8-6-12(7-9-13)17(23)24/h2-9H,10H2,1H3,(H,20,22)(H,23,24). The van der Waals surface area contributed by atoms with Gasteiger partial charge in [0.15, 0.2) is 5.16 Å². The van der Waals surface area contributed by atoms with Gasteiger partial charge in [-0.1, -0.05) is 30.0 Å². The summed E-state index contributed by atoms with van der Waals surface area (Å²) in [5.74, 6) is -1.04. The van der Waals surface area contributed by atoms with Gasteiger partial charge in [0, 0.05) is 16.8 Å². The summed E-state index contributed by atoms with van der Waals surface area (Å²) in [6.07, 6.45) is 0. The van der Waals surface area contributed by atoms with Crippen LogP contribution in [0.5, 0.6) is 0 Å². The average molecular weight is 353 g/mol. The predicted octanol–water partition coefficient (Wildman–Crippen LogP) is 3.37. The van der Waals surface area contributed by atoms with Crippen molar-refractivity contribution in [3.8, 4) is 0 Å². The number of fused-ring (bicyclic) bond motifs is 1. The Morgan fingerprint density at radius 3 is 2.52 bits per heavy atom. The number of aryl methyl sites for hydroxylation is 1. The molecular weight excluding hydrogens is 338 g/mol. The second-order valence-electron chi connectivity index (χ2n) is 5.33. The van der Waals surface area contributed by atoms with Crippen LogP contribution < -0.4 is 5.32 Å². The molecule has 0 saturated heterocycles. The molecule has 25 heavy (non-hydrogen) atoms. The summed E-state index contributed by atoms with van der Waals surface area (Å²) < 4.78 is 0. The number of anilines is 1. The Hall–Kier alpha value is -2.93. The number of carboxylic acids is 1. The number of carbonyl (C=O) groups excluding carboxylic acids is 1. The van der Waals surface area contributed by atoms with E-state index in [1.807, 2.05) is 31.2 Å². The Labute approximate surface area is 148 Å². The Morgan fingerprint density at radius 1 is 1.08 bits per heavy atom. The highest BCUT2D eigenvalue weighted by molar-refractivity contribution is 7.99. The first-order valence-corrected chi connectivity index (χ1v) is 8.51. The third-order valence-corrected chi connectivity index (χ3v) is 4.37. The molecule has 1 aromatic heterocycles. The largest absolute Gasteiger partial charge is 0.478 e. The lowest BCUT2D eigenvalue weighted by Gasteiger charge is -2.07. The highest BCUT2D eigenvalue weighted by Crippen LogP contribution is 2.20. The molecule has 0 radical (unpaired) electrons. The maximum Gasteiger partial charge on any atom is 0.335 e. The lowest BCUT2D eigenvalue weighted by Crippen LogP contribution is -2.14. The number of para-hydroxylation sites is 1. The van der Waals surface area contributed by atoms with Crippen LogP contribution in [0, 0.1) is 6.92 Å². The monoisotopic (exact) mass is 353 g/mol. The first-order chi connectivity index (χ1) is 12.0. The summed E-state index contributed by atoms with van der Waals surface area (Å²) in [7, 11) is 0. The zero-order valence-corrected chi connectivity index (χ0v) is 14.2. The lowest BCUT2D eigenvalue weighted by molar-refractivity contribution is -0.113. The predicted molar refractivity (Wildman–Crippen MR) is 97.0 cm³/mol. The summed E-state index contributed by atoms with van der Waals surface area (Å²) in [4.78, 5) is 31.7. The molecule has 0 bridgehead atoms. The summed E-state index contributed by atoms with van der Waals surface area (Å²) in [6, 6.07) is 13.7. The van der Waals surface area contributed by atoms with E-state index in [1.165, 1.54) is 23.9 Å². The number of aromatic carboxylic acids is 1. The maximum absolute atomic E-state index is 12.0. The molecule has 2 N–H and O–H groups in total. The van der Waals surface area contributed by atoms with Crippen LogP contribution in [0.2, 0.25) is 0 Å². The highest BCUT2D eigenvalue weighted by Gasteiger charge is 2.09. The minimum absolute atomic E-state index is 0.165. The van der Waals surface area contributed by atoms with Gasteiger partial charge in [-0.2, -0.15) is 0 Å². The third-order valence-electron chi connectivity index (χ3n) is 3.52. The summed E-state index contributed by atoms with van der Waals surface area (Å²) >= 11 is 1.26. The number of benzene rings is 2. The molecule has 0 fully saturated rings. The molecule has 7 heteroatoms. The van der Waals surface area contributed by atoms with Crippen LogP contribution in [0.4, 0.5) is 5.69 Å². The third kappa shape index (κ3) is 4.13. The maximum atomic E-state index is 12.0. The molecule has 1 heterocycles. The lowest BCUT2D eigenvalue weighted by atomic mass is 10.2.